The third kappa shape index (κ3) is 1.99. The number of halogens is 1. The molecule has 2 aromatic rings. The van der Waals surface area contributed by atoms with Crippen molar-refractivity contribution in [1.82, 2.24) is 4.57 Å². The second-order valence-corrected chi connectivity index (χ2v) is 4.08. The normalized spacial score (nSPS) is 10.8. The summed E-state index contributed by atoms with van der Waals surface area (Å²) in [6.07, 6.45) is 0.682. The topological polar surface area (TPSA) is 65.1 Å². The van der Waals surface area contributed by atoms with Gasteiger partial charge in [-0.25, -0.2) is 4.39 Å². The maximum Gasteiger partial charge on any atom is 0.265 e. The van der Waals surface area contributed by atoms with Crippen LogP contribution in [0.4, 0.5) is 4.39 Å². The maximum atomic E-state index is 13.2. The van der Waals surface area contributed by atoms with Crippen LogP contribution < -0.4 is 11.3 Å². The number of rotatable bonds is 3. The molecule has 94 valence electrons. The second-order valence-electron chi connectivity index (χ2n) is 4.08. The molecule has 0 fully saturated rings. The Hall–Kier alpha value is -2.17. The van der Waals surface area contributed by atoms with Crippen LogP contribution >= 0.6 is 0 Å². The van der Waals surface area contributed by atoms with Crippen LogP contribution in [0.3, 0.4) is 0 Å². The Kier molecular flexibility index (Phi) is 3.14. The lowest BCUT2D eigenvalue weighted by Gasteiger charge is -2.11. The number of hydrogen-bond acceptors (Lipinski definition) is 2. The van der Waals surface area contributed by atoms with Gasteiger partial charge >= 0.3 is 0 Å². The Balaban J connectivity index is 2.85. The molecule has 1 heterocycles. The van der Waals surface area contributed by atoms with Gasteiger partial charge in [0, 0.05) is 6.54 Å². The maximum absolute atomic E-state index is 13.2. The van der Waals surface area contributed by atoms with E-state index in [1.54, 1.807) is 0 Å². The van der Waals surface area contributed by atoms with Crippen LogP contribution in [0, 0.1) is 5.82 Å². The Morgan fingerprint density at radius 2 is 2.11 bits per heavy atom. The number of nitrogens with zero attached hydrogens (tertiary/aromatic N) is 1. The summed E-state index contributed by atoms with van der Waals surface area (Å²) in [6.45, 7) is 2.26. The molecule has 0 aliphatic carbocycles. The molecule has 0 aliphatic heterocycles. The Labute approximate surface area is 103 Å². The average molecular weight is 248 g/mol. The number of carbonyl (C=O) groups is 1. The molecule has 1 amide bonds. The monoisotopic (exact) mass is 248 g/mol. The van der Waals surface area contributed by atoms with E-state index in [1.807, 2.05) is 6.92 Å². The van der Waals surface area contributed by atoms with Crippen LogP contribution in [0.1, 0.15) is 23.8 Å². The molecule has 0 aliphatic rings. The standard InChI is InChI=1S/C13H13FN2O2/c1-2-5-16-11(12(15)17)6-8-3-4-9(14)7-10(8)13(16)18/h3-4,6-7H,2,5H2,1H3,(H2,15,17). The zero-order chi connectivity index (χ0) is 13.3. The van der Waals surface area contributed by atoms with Crippen LogP contribution in [0.5, 0.6) is 0 Å². The SMILES string of the molecule is CCCn1c(C(N)=O)cc2ccc(F)cc2c1=O. The third-order valence-corrected chi connectivity index (χ3v) is 2.77. The predicted octanol–water partition coefficient (Wildman–Crippen LogP) is 1.65. The summed E-state index contributed by atoms with van der Waals surface area (Å²) in [5.41, 5.74) is 5.03. The van der Waals surface area contributed by atoms with Crippen LogP contribution in [0.2, 0.25) is 0 Å². The second kappa shape index (κ2) is 4.60. The van der Waals surface area contributed by atoms with E-state index in [0.29, 0.717) is 18.4 Å². The number of pyridine rings is 1. The first kappa shape index (κ1) is 12.3. The fourth-order valence-electron chi connectivity index (χ4n) is 1.97. The molecule has 0 saturated carbocycles. The van der Waals surface area contributed by atoms with Crippen molar-refractivity contribution in [2.24, 2.45) is 5.73 Å². The van der Waals surface area contributed by atoms with Crippen molar-refractivity contribution in [3.8, 4) is 0 Å². The highest BCUT2D eigenvalue weighted by Crippen LogP contribution is 2.14. The smallest absolute Gasteiger partial charge is 0.265 e. The van der Waals surface area contributed by atoms with Gasteiger partial charge in [-0.05, 0) is 30.0 Å². The van der Waals surface area contributed by atoms with Gasteiger partial charge in [-0.15, -0.1) is 0 Å². The lowest BCUT2D eigenvalue weighted by Crippen LogP contribution is -2.29. The van der Waals surface area contributed by atoms with Crippen molar-refractivity contribution in [2.45, 2.75) is 19.9 Å². The molecule has 0 atom stereocenters. The first-order valence-corrected chi connectivity index (χ1v) is 5.67. The molecular formula is C13H13FN2O2. The van der Waals surface area contributed by atoms with E-state index in [2.05, 4.69) is 0 Å². The minimum Gasteiger partial charge on any atom is -0.364 e. The van der Waals surface area contributed by atoms with Gasteiger partial charge in [-0.1, -0.05) is 13.0 Å². The van der Waals surface area contributed by atoms with Crippen molar-refractivity contribution >= 4 is 16.7 Å². The quantitative estimate of drug-likeness (QED) is 0.897. The first-order chi connectivity index (χ1) is 8.54. The van der Waals surface area contributed by atoms with E-state index in [-0.39, 0.29) is 16.6 Å². The van der Waals surface area contributed by atoms with Crippen molar-refractivity contribution < 1.29 is 9.18 Å². The molecular weight excluding hydrogens is 235 g/mol. The molecule has 0 bridgehead atoms. The van der Waals surface area contributed by atoms with Gasteiger partial charge in [0.25, 0.3) is 11.5 Å². The van der Waals surface area contributed by atoms with Crippen LogP contribution in [-0.2, 0) is 6.54 Å². The highest BCUT2D eigenvalue weighted by molar-refractivity contribution is 5.95. The molecule has 2 N–H and O–H groups in total. The van der Waals surface area contributed by atoms with Gasteiger partial charge in [0.15, 0.2) is 0 Å². The molecule has 1 aromatic carbocycles. The Bertz CT molecular complexity index is 676. The van der Waals surface area contributed by atoms with Crippen LogP contribution in [0.15, 0.2) is 29.1 Å². The van der Waals surface area contributed by atoms with E-state index >= 15 is 0 Å². The van der Waals surface area contributed by atoms with Crippen molar-refractivity contribution in [3.63, 3.8) is 0 Å². The number of amides is 1. The first-order valence-electron chi connectivity index (χ1n) is 5.67. The summed E-state index contributed by atoms with van der Waals surface area (Å²) in [5.74, 6) is -1.14. The van der Waals surface area contributed by atoms with Gasteiger partial charge in [0.05, 0.1) is 5.39 Å². The highest BCUT2D eigenvalue weighted by Gasteiger charge is 2.13. The van der Waals surface area contributed by atoms with E-state index in [4.69, 9.17) is 5.73 Å². The van der Waals surface area contributed by atoms with Gasteiger partial charge in [-0.3, -0.25) is 9.59 Å². The molecule has 4 nitrogen and oxygen atoms in total. The fraction of sp³-hybridized carbons (Fsp3) is 0.231. The number of aromatic nitrogens is 1. The summed E-state index contributed by atoms with van der Waals surface area (Å²) in [5, 5.41) is 0.774. The summed E-state index contributed by atoms with van der Waals surface area (Å²) in [4.78, 5) is 23.5. The number of primary amides is 1. The van der Waals surface area contributed by atoms with Gasteiger partial charge < -0.3 is 10.3 Å². The van der Waals surface area contributed by atoms with Crippen molar-refractivity contribution in [1.29, 1.82) is 0 Å². The van der Waals surface area contributed by atoms with Crippen molar-refractivity contribution in [2.75, 3.05) is 0 Å². The molecule has 2 rings (SSSR count). The Morgan fingerprint density at radius 1 is 1.39 bits per heavy atom. The van der Waals surface area contributed by atoms with Crippen LogP contribution in [-0.4, -0.2) is 10.5 Å². The molecule has 18 heavy (non-hydrogen) atoms. The highest BCUT2D eigenvalue weighted by atomic mass is 19.1. The molecule has 0 spiro atoms. The molecule has 1 aromatic heterocycles. The summed E-state index contributed by atoms with van der Waals surface area (Å²) >= 11 is 0. The fourth-order valence-corrected chi connectivity index (χ4v) is 1.97. The van der Waals surface area contributed by atoms with E-state index in [9.17, 15) is 14.0 Å². The average Bonchev–Trinajstić information content (AvgIpc) is 2.33. The zero-order valence-electron chi connectivity index (χ0n) is 9.94. The summed E-state index contributed by atoms with van der Waals surface area (Å²) in [6, 6.07) is 5.41. The number of carbonyl (C=O) groups excluding carboxylic acids is 1. The number of benzene rings is 1. The van der Waals surface area contributed by atoms with Gasteiger partial charge in [0.1, 0.15) is 11.5 Å². The summed E-state index contributed by atoms with van der Waals surface area (Å²) in [7, 11) is 0. The molecule has 0 radical (unpaired) electrons. The molecule has 0 saturated heterocycles. The van der Waals surface area contributed by atoms with E-state index < -0.39 is 11.7 Å². The van der Waals surface area contributed by atoms with Crippen molar-refractivity contribution in [3.05, 3.63) is 46.1 Å². The lowest BCUT2D eigenvalue weighted by atomic mass is 10.1. The van der Waals surface area contributed by atoms with Gasteiger partial charge in [-0.2, -0.15) is 0 Å². The summed E-state index contributed by atoms with van der Waals surface area (Å²) < 4.78 is 14.4. The third-order valence-electron chi connectivity index (χ3n) is 2.77. The van der Waals surface area contributed by atoms with Gasteiger partial charge in [0.2, 0.25) is 0 Å². The Morgan fingerprint density at radius 3 is 2.72 bits per heavy atom. The number of hydrogen-bond donors (Lipinski definition) is 1. The zero-order valence-corrected chi connectivity index (χ0v) is 9.94. The lowest BCUT2D eigenvalue weighted by molar-refractivity contribution is 0.0990. The number of fused-ring (bicyclic) bond motifs is 1. The minimum atomic E-state index is -0.660. The predicted molar refractivity (Wildman–Crippen MR) is 67.0 cm³/mol. The van der Waals surface area contributed by atoms with Crippen LogP contribution in [0.25, 0.3) is 10.8 Å². The molecule has 5 heteroatoms. The van der Waals surface area contributed by atoms with E-state index in [0.717, 1.165) is 0 Å². The van der Waals surface area contributed by atoms with E-state index in [1.165, 1.54) is 28.8 Å². The largest absolute Gasteiger partial charge is 0.364 e. The number of nitrogens with two attached hydrogens (primary N) is 1. The molecule has 0 unspecified atom stereocenters. The minimum absolute atomic E-state index is 0.154.